The van der Waals surface area contributed by atoms with E-state index in [1.165, 1.54) is 0 Å². The van der Waals surface area contributed by atoms with E-state index in [1.54, 1.807) is 16.7 Å². The average molecular weight is 432 g/mol. The van der Waals surface area contributed by atoms with E-state index in [0.29, 0.717) is 17.9 Å². The van der Waals surface area contributed by atoms with Crippen molar-refractivity contribution in [3.05, 3.63) is 35.4 Å². The van der Waals surface area contributed by atoms with Gasteiger partial charge in [0, 0.05) is 24.5 Å². The molecule has 0 spiro atoms. The second kappa shape index (κ2) is 8.98. The molecule has 3 aliphatic heterocycles. The molecule has 8 heteroatoms. The van der Waals surface area contributed by atoms with Crippen LogP contribution >= 0.6 is 11.8 Å². The highest BCUT2D eigenvalue weighted by Gasteiger charge is 2.48. The molecular weight excluding hydrogens is 402 g/mol. The molecule has 0 radical (unpaired) electrons. The minimum atomic E-state index is -0.631. The van der Waals surface area contributed by atoms with Crippen LogP contribution in [0.5, 0.6) is 0 Å². The number of nitrogens with zero attached hydrogens (tertiary/aromatic N) is 1. The van der Waals surface area contributed by atoms with Crippen molar-refractivity contribution >= 4 is 29.5 Å². The number of thioether (sulfide) groups is 1. The SMILES string of the molecule is CC[C@H](C)[C@H](NC(=O)[C@@H]1CS[C@H]2c3ccccc3C(=O)N12)C(=O)NC[C@H]1CCCO1. The zero-order chi connectivity index (χ0) is 21.3. The van der Waals surface area contributed by atoms with E-state index < -0.39 is 12.1 Å². The van der Waals surface area contributed by atoms with Gasteiger partial charge in [-0.1, -0.05) is 38.5 Å². The molecule has 3 amide bonds. The highest BCUT2D eigenvalue weighted by molar-refractivity contribution is 7.99. The molecule has 30 heavy (non-hydrogen) atoms. The van der Waals surface area contributed by atoms with Gasteiger partial charge >= 0.3 is 0 Å². The fourth-order valence-corrected chi connectivity index (χ4v) is 5.79. The van der Waals surface area contributed by atoms with Crippen molar-refractivity contribution in [2.45, 2.75) is 56.7 Å². The molecule has 4 rings (SSSR count). The van der Waals surface area contributed by atoms with Crippen LogP contribution in [-0.4, -0.2) is 59.7 Å². The molecular formula is C22H29N3O4S. The first kappa shape index (κ1) is 21.2. The number of fused-ring (bicyclic) bond motifs is 3. The van der Waals surface area contributed by atoms with E-state index in [2.05, 4.69) is 10.6 Å². The Bertz CT molecular complexity index is 826. The first-order valence-electron chi connectivity index (χ1n) is 10.7. The number of benzene rings is 1. The molecule has 2 fully saturated rings. The predicted octanol–water partition coefficient (Wildman–Crippen LogP) is 2.08. The van der Waals surface area contributed by atoms with E-state index >= 15 is 0 Å². The number of ether oxygens (including phenoxy) is 1. The van der Waals surface area contributed by atoms with Crippen molar-refractivity contribution in [1.29, 1.82) is 0 Å². The minimum absolute atomic E-state index is 0.0187. The summed E-state index contributed by atoms with van der Waals surface area (Å²) in [7, 11) is 0. The summed E-state index contributed by atoms with van der Waals surface area (Å²) in [5.74, 6) is -0.0463. The topological polar surface area (TPSA) is 87.7 Å². The molecule has 162 valence electrons. The first-order chi connectivity index (χ1) is 14.5. The zero-order valence-corrected chi connectivity index (χ0v) is 18.2. The molecule has 2 N–H and O–H groups in total. The van der Waals surface area contributed by atoms with Crippen molar-refractivity contribution in [1.82, 2.24) is 15.5 Å². The lowest BCUT2D eigenvalue weighted by atomic mass is 9.97. The second-order valence-corrected chi connectivity index (χ2v) is 9.37. The van der Waals surface area contributed by atoms with E-state index in [9.17, 15) is 14.4 Å². The maximum atomic E-state index is 13.2. The number of hydrogen-bond acceptors (Lipinski definition) is 5. The Hall–Kier alpha value is -2.06. The molecule has 5 atom stereocenters. The summed E-state index contributed by atoms with van der Waals surface area (Å²) in [5, 5.41) is 5.76. The zero-order valence-electron chi connectivity index (χ0n) is 17.4. The largest absolute Gasteiger partial charge is 0.376 e. The summed E-state index contributed by atoms with van der Waals surface area (Å²) in [6.45, 7) is 5.15. The molecule has 0 aromatic heterocycles. The molecule has 1 aromatic rings. The Morgan fingerprint density at radius 1 is 1.33 bits per heavy atom. The van der Waals surface area contributed by atoms with Crippen molar-refractivity contribution in [3.8, 4) is 0 Å². The highest BCUT2D eigenvalue weighted by atomic mass is 32.2. The summed E-state index contributed by atoms with van der Waals surface area (Å²) in [4.78, 5) is 40.6. The quantitative estimate of drug-likeness (QED) is 0.690. The van der Waals surface area contributed by atoms with Gasteiger partial charge in [0.05, 0.1) is 6.10 Å². The third-order valence-corrected chi connectivity index (χ3v) is 7.62. The summed E-state index contributed by atoms with van der Waals surface area (Å²) in [6.07, 6.45) is 2.77. The number of carbonyl (C=O) groups excluding carboxylic acids is 3. The smallest absolute Gasteiger partial charge is 0.256 e. The molecule has 3 aliphatic rings. The van der Waals surface area contributed by atoms with Gasteiger partial charge in [-0.3, -0.25) is 14.4 Å². The summed E-state index contributed by atoms with van der Waals surface area (Å²) < 4.78 is 5.57. The molecule has 1 aromatic carbocycles. The Kier molecular flexibility index (Phi) is 6.34. The van der Waals surface area contributed by atoms with Gasteiger partial charge in [-0.05, 0) is 30.4 Å². The van der Waals surface area contributed by atoms with Gasteiger partial charge in [0.2, 0.25) is 11.8 Å². The van der Waals surface area contributed by atoms with Gasteiger partial charge in [0.15, 0.2) is 0 Å². The monoisotopic (exact) mass is 431 g/mol. The van der Waals surface area contributed by atoms with Crippen LogP contribution < -0.4 is 10.6 Å². The van der Waals surface area contributed by atoms with Crippen molar-refractivity contribution in [3.63, 3.8) is 0 Å². The van der Waals surface area contributed by atoms with Crippen LogP contribution in [0, 0.1) is 5.92 Å². The maximum absolute atomic E-state index is 13.2. The third-order valence-electron chi connectivity index (χ3n) is 6.32. The van der Waals surface area contributed by atoms with Crippen LogP contribution in [-0.2, 0) is 14.3 Å². The van der Waals surface area contributed by atoms with Crippen LogP contribution in [0.1, 0.15) is 54.4 Å². The van der Waals surface area contributed by atoms with Gasteiger partial charge < -0.3 is 20.3 Å². The second-order valence-electron chi connectivity index (χ2n) is 8.25. The minimum Gasteiger partial charge on any atom is -0.376 e. The average Bonchev–Trinajstić information content (AvgIpc) is 3.49. The van der Waals surface area contributed by atoms with Crippen molar-refractivity contribution in [2.24, 2.45) is 5.92 Å². The third kappa shape index (κ3) is 3.95. The van der Waals surface area contributed by atoms with Crippen LogP contribution in [0.25, 0.3) is 0 Å². The molecule has 0 aliphatic carbocycles. The fraction of sp³-hybridized carbons (Fsp3) is 0.591. The molecule has 7 nitrogen and oxygen atoms in total. The van der Waals surface area contributed by atoms with E-state index in [1.807, 2.05) is 38.1 Å². The Balaban J connectivity index is 1.42. The molecule has 3 heterocycles. The van der Waals surface area contributed by atoms with Crippen LogP contribution in [0.4, 0.5) is 0 Å². The summed E-state index contributed by atoms with van der Waals surface area (Å²) in [6, 6.07) is 6.32. The summed E-state index contributed by atoms with van der Waals surface area (Å²) in [5.41, 5.74) is 1.64. The number of hydrogen-bond donors (Lipinski definition) is 2. The van der Waals surface area contributed by atoms with Crippen molar-refractivity contribution in [2.75, 3.05) is 18.9 Å². The maximum Gasteiger partial charge on any atom is 0.256 e. The lowest BCUT2D eigenvalue weighted by molar-refractivity contribution is -0.132. The highest BCUT2D eigenvalue weighted by Crippen LogP contribution is 2.48. The lowest BCUT2D eigenvalue weighted by Gasteiger charge is -2.28. The van der Waals surface area contributed by atoms with Gasteiger partial charge in [-0.25, -0.2) is 0 Å². The number of amides is 3. The Labute approximate surface area is 181 Å². The molecule has 0 saturated carbocycles. The molecule has 0 unspecified atom stereocenters. The Morgan fingerprint density at radius 3 is 2.87 bits per heavy atom. The van der Waals surface area contributed by atoms with Crippen LogP contribution in [0.15, 0.2) is 24.3 Å². The van der Waals surface area contributed by atoms with E-state index in [0.717, 1.165) is 31.4 Å². The lowest BCUT2D eigenvalue weighted by Crippen LogP contribution is -2.56. The van der Waals surface area contributed by atoms with Gasteiger partial charge in [0.25, 0.3) is 5.91 Å². The van der Waals surface area contributed by atoms with E-state index in [-0.39, 0.29) is 35.1 Å². The first-order valence-corrected chi connectivity index (χ1v) is 11.8. The Morgan fingerprint density at radius 2 is 2.13 bits per heavy atom. The number of nitrogens with one attached hydrogen (secondary N) is 2. The molecule has 2 saturated heterocycles. The predicted molar refractivity (Wildman–Crippen MR) is 115 cm³/mol. The number of carbonyl (C=O) groups is 3. The summed E-state index contributed by atoms with van der Waals surface area (Å²) >= 11 is 1.60. The normalized spacial score (nSPS) is 26.8. The standard InChI is InChI=1S/C22H29N3O4S/c1-3-13(2)18(20(27)23-11-14-7-6-10-29-14)24-19(26)17-12-30-22-16-9-5-4-8-15(16)21(28)25(17)22/h4-5,8-9,13-14,17-18,22H,3,6-7,10-12H2,1-2H3,(H,23,27)(H,24,26)/t13-,14+,17-,18-,22-/m0/s1. The number of rotatable bonds is 7. The van der Waals surface area contributed by atoms with Gasteiger partial charge in [-0.2, -0.15) is 0 Å². The van der Waals surface area contributed by atoms with Crippen molar-refractivity contribution < 1.29 is 19.1 Å². The van der Waals surface area contributed by atoms with E-state index in [4.69, 9.17) is 4.74 Å². The van der Waals surface area contributed by atoms with Crippen LogP contribution in [0.2, 0.25) is 0 Å². The van der Waals surface area contributed by atoms with Gasteiger partial charge in [0.1, 0.15) is 17.5 Å². The molecule has 0 bridgehead atoms. The van der Waals surface area contributed by atoms with Gasteiger partial charge in [-0.15, -0.1) is 11.8 Å². The fourth-order valence-electron chi connectivity index (χ4n) is 4.32. The van der Waals surface area contributed by atoms with Crippen LogP contribution in [0.3, 0.4) is 0 Å².